The summed E-state index contributed by atoms with van der Waals surface area (Å²) in [7, 11) is 0. The molecule has 4 nitrogen and oxygen atoms in total. The first-order valence-corrected chi connectivity index (χ1v) is 7.58. The van der Waals surface area contributed by atoms with Crippen LogP contribution in [0.2, 0.25) is 5.02 Å². The third-order valence-corrected chi connectivity index (χ3v) is 4.03. The van der Waals surface area contributed by atoms with Gasteiger partial charge in [0.15, 0.2) is 5.75 Å². The molecule has 0 spiro atoms. The van der Waals surface area contributed by atoms with Crippen LogP contribution in [-0.2, 0) is 0 Å². The monoisotopic (exact) mass is 366 g/mol. The van der Waals surface area contributed by atoms with Gasteiger partial charge in [0, 0.05) is 16.0 Å². The van der Waals surface area contributed by atoms with Crippen molar-refractivity contribution in [3.8, 4) is 5.75 Å². The third-order valence-electron chi connectivity index (χ3n) is 3.10. The predicted molar refractivity (Wildman–Crippen MR) is 87.5 cm³/mol. The second-order valence-corrected chi connectivity index (χ2v) is 5.83. The molecule has 2 aromatic carbocycles. The van der Waals surface area contributed by atoms with Crippen LogP contribution < -0.4 is 15.4 Å². The van der Waals surface area contributed by atoms with E-state index >= 15 is 0 Å². The number of benzene rings is 2. The Labute approximate surface area is 135 Å². The molecular formula is C15H12BrClN2O2. The number of ether oxygens (including phenoxy) is 1. The molecule has 6 heteroatoms. The van der Waals surface area contributed by atoms with E-state index in [4.69, 9.17) is 16.3 Å². The smallest absolute Gasteiger partial charge is 0.259 e. The Morgan fingerprint density at radius 3 is 3.05 bits per heavy atom. The van der Waals surface area contributed by atoms with E-state index in [9.17, 15) is 4.79 Å². The fourth-order valence-corrected chi connectivity index (χ4v) is 2.65. The Kier molecular flexibility index (Phi) is 4.03. The van der Waals surface area contributed by atoms with Gasteiger partial charge >= 0.3 is 0 Å². The zero-order valence-corrected chi connectivity index (χ0v) is 13.3. The van der Waals surface area contributed by atoms with E-state index in [1.807, 2.05) is 12.1 Å². The molecule has 2 N–H and O–H groups in total. The molecule has 108 valence electrons. The number of hydrogen-bond acceptors (Lipinski definition) is 3. The number of halogens is 2. The quantitative estimate of drug-likeness (QED) is 0.838. The largest absolute Gasteiger partial charge is 0.489 e. The van der Waals surface area contributed by atoms with Crippen molar-refractivity contribution < 1.29 is 9.53 Å². The van der Waals surface area contributed by atoms with Crippen LogP contribution in [0, 0.1) is 0 Å². The molecule has 0 saturated heterocycles. The fraction of sp³-hybridized carbons (Fsp3) is 0.133. The van der Waals surface area contributed by atoms with Gasteiger partial charge in [-0.1, -0.05) is 17.7 Å². The molecule has 1 heterocycles. The molecule has 0 fully saturated rings. The number of amides is 1. The van der Waals surface area contributed by atoms with Gasteiger partial charge in [0.25, 0.3) is 5.91 Å². The van der Waals surface area contributed by atoms with Crippen LogP contribution in [-0.4, -0.2) is 19.1 Å². The van der Waals surface area contributed by atoms with Gasteiger partial charge in [0.2, 0.25) is 0 Å². The molecule has 21 heavy (non-hydrogen) atoms. The van der Waals surface area contributed by atoms with Crippen LogP contribution in [0.25, 0.3) is 0 Å². The highest BCUT2D eigenvalue weighted by Crippen LogP contribution is 2.32. The van der Waals surface area contributed by atoms with E-state index in [1.54, 1.807) is 24.3 Å². The molecule has 1 aliphatic heterocycles. The van der Waals surface area contributed by atoms with Crippen LogP contribution in [0.5, 0.6) is 5.75 Å². The first kappa shape index (κ1) is 14.2. The molecule has 0 saturated carbocycles. The minimum atomic E-state index is -0.237. The van der Waals surface area contributed by atoms with Crippen molar-refractivity contribution in [3.05, 3.63) is 51.5 Å². The molecule has 1 amide bonds. The lowest BCUT2D eigenvalue weighted by molar-refractivity contribution is 0.102. The molecule has 0 atom stereocenters. The van der Waals surface area contributed by atoms with Gasteiger partial charge in [-0.2, -0.15) is 0 Å². The number of fused-ring (bicyclic) bond motifs is 1. The van der Waals surface area contributed by atoms with Crippen LogP contribution in [0.1, 0.15) is 10.4 Å². The molecule has 0 aromatic heterocycles. The van der Waals surface area contributed by atoms with Crippen molar-refractivity contribution in [1.82, 2.24) is 0 Å². The lowest BCUT2D eigenvalue weighted by Crippen LogP contribution is -2.22. The summed E-state index contributed by atoms with van der Waals surface area (Å²) in [5, 5.41) is 6.60. The SMILES string of the molecule is O=C(Nc1cc(Cl)ccc1Br)c1cccc2c1OCCN2. The normalized spacial score (nSPS) is 12.9. The molecule has 1 aliphatic rings. The summed E-state index contributed by atoms with van der Waals surface area (Å²) in [5.74, 6) is 0.345. The summed E-state index contributed by atoms with van der Waals surface area (Å²) in [6, 6.07) is 10.7. The van der Waals surface area contributed by atoms with E-state index in [2.05, 4.69) is 26.6 Å². The van der Waals surface area contributed by atoms with E-state index in [-0.39, 0.29) is 5.91 Å². The summed E-state index contributed by atoms with van der Waals surface area (Å²) in [4.78, 5) is 12.5. The molecular weight excluding hydrogens is 356 g/mol. The van der Waals surface area contributed by atoms with Crippen molar-refractivity contribution in [1.29, 1.82) is 0 Å². The van der Waals surface area contributed by atoms with Crippen LogP contribution in [0.15, 0.2) is 40.9 Å². The van der Waals surface area contributed by atoms with Gasteiger partial charge < -0.3 is 15.4 Å². The Morgan fingerprint density at radius 2 is 2.19 bits per heavy atom. The number of rotatable bonds is 2. The van der Waals surface area contributed by atoms with E-state index in [1.165, 1.54) is 0 Å². The molecule has 3 rings (SSSR count). The summed E-state index contributed by atoms with van der Waals surface area (Å²) >= 11 is 9.34. The molecule has 0 radical (unpaired) electrons. The van der Waals surface area contributed by atoms with Crippen LogP contribution >= 0.6 is 27.5 Å². The van der Waals surface area contributed by atoms with E-state index < -0.39 is 0 Å². The summed E-state index contributed by atoms with van der Waals surface area (Å²) < 4.78 is 6.37. The first-order valence-electron chi connectivity index (χ1n) is 6.41. The molecule has 2 aromatic rings. The zero-order chi connectivity index (χ0) is 14.8. The molecule has 0 unspecified atom stereocenters. The lowest BCUT2D eigenvalue weighted by Gasteiger charge is -2.21. The van der Waals surface area contributed by atoms with Crippen molar-refractivity contribution in [2.24, 2.45) is 0 Å². The van der Waals surface area contributed by atoms with Crippen LogP contribution in [0.3, 0.4) is 0 Å². The van der Waals surface area contributed by atoms with E-state index in [0.717, 1.165) is 16.7 Å². The third kappa shape index (κ3) is 2.99. The Morgan fingerprint density at radius 1 is 1.33 bits per heavy atom. The fourth-order valence-electron chi connectivity index (χ4n) is 2.13. The Hall–Kier alpha value is -1.72. The first-order chi connectivity index (χ1) is 10.1. The van der Waals surface area contributed by atoms with Crippen molar-refractivity contribution in [3.63, 3.8) is 0 Å². The standard InChI is InChI=1S/C15H12BrClN2O2/c16-11-5-4-9(17)8-13(11)19-15(20)10-2-1-3-12-14(10)21-7-6-18-12/h1-5,8,18H,6-7H2,(H,19,20). The second kappa shape index (κ2) is 5.95. The summed E-state index contributed by atoms with van der Waals surface area (Å²) in [6.07, 6.45) is 0. The van der Waals surface area contributed by atoms with Gasteiger partial charge in [-0.05, 0) is 46.3 Å². The average molecular weight is 368 g/mol. The number of carbonyl (C=O) groups excluding carboxylic acids is 1. The maximum absolute atomic E-state index is 12.5. The van der Waals surface area contributed by atoms with Gasteiger partial charge in [-0.15, -0.1) is 0 Å². The topological polar surface area (TPSA) is 50.4 Å². The maximum Gasteiger partial charge on any atom is 0.259 e. The second-order valence-electron chi connectivity index (χ2n) is 4.54. The van der Waals surface area contributed by atoms with Crippen molar-refractivity contribution >= 4 is 44.8 Å². The van der Waals surface area contributed by atoms with Crippen molar-refractivity contribution in [2.45, 2.75) is 0 Å². The molecule has 0 aliphatic carbocycles. The predicted octanol–water partition coefficient (Wildman–Crippen LogP) is 4.16. The number of carbonyl (C=O) groups is 1. The summed E-state index contributed by atoms with van der Waals surface area (Å²) in [6.45, 7) is 1.27. The maximum atomic E-state index is 12.5. The van der Waals surface area contributed by atoms with Gasteiger partial charge in [0.1, 0.15) is 6.61 Å². The van der Waals surface area contributed by atoms with Crippen LogP contribution in [0.4, 0.5) is 11.4 Å². The lowest BCUT2D eigenvalue weighted by atomic mass is 10.1. The summed E-state index contributed by atoms with van der Waals surface area (Å²) in [5.41, 5.74) is 1.94. The number of para-hydroxylation sites is 1. The highest BCUT2D eigenvalue weighted by atomic mass is 79.9. The highest BCUT2D eigenvalue weighted by molar-refractivity contribution is 9.10. The molecule has 0 bridgehead atoms. The van der Waals surface area contributed by atoms with Gasteiger partial charge in [0.05, 0.1) is 16.9 Å². The average Bonchev–Trinajstić information content (AvgIpc) is 2.50. The Balaban J connectivity index is 1.91. The zero-order valence-electron chi connectivity index (χ0n) is 11.0. The number of nitrogens with one attached hydrogen (secondary N) is 2. The number of anilines is 2. The van der Waals surface area contributed by atoms with Crippen molar-refractivity contribution in [2.75, 3.05) is 23.8 Å². The highest BCUT2D eigenvalue weighted by Gasteiger charge is 2.19. The minimum Gasteiger partial charge on any atom is -0.489 e. The minimum absolute atomic E-state index is 0.237. The van der Waals surface area contributed by atoms with Gasteiger partial charge in [-0.25, -0.2) is 0 Å². The van der Waals surface area contributed by atoms with Gasteiger partial charge in [-0.3, -0.25) is 4.79 Å². The number of hydrogen-bond donors (Lipinski definition) is 2. The Bertz CT molecular complexity index is 706. The van der Waals surface area contributed by atoms with E-state index in [0.29, 0.717) is 28.6 Å².